The Kier molecular flexibility index (Phi) is 12.4. The molecule has 1 aromatic carbocycles. The molecule has 0 saturated carbocycles. The standard InChI is InChI=1S/C24H22Cl2F6N4O7S/c1-4-17(37)42-11-13(43-18(38)5-2)6-7-41-22(39)35(3)21-20(44(40)24(30,31)32)16(10-33)34-36(21)19-14(25)8-12(9-15(19)26)23(27,28)29/h8-9,13H,4-7,11H2,1-3H3. The van der Waals surface area contributed by atoms with Crippen LogP contribution in [-0.2, 0) is 40.8 Å². The lowest BCUT2D eigenvalue weighted by molar-refractivity contribution is -0.159. The Balaban J connectivity index is 2.55. The molecule has 2 rings (SSSR count). The lowest BCUT2D eigenvalue weighted by Crippen LogP contribution is -2.32. The molecule has 0 aliphatic carbocycles. The number of alkyl halides is 6. The van der Waals surface area contributed by atoms with Crippen molar-refractivity contribution in [1.82, 2.24) is 9.78 Å². The summed E-state index contributed by atoms with van der Waals surface area (Å²) in [6, 6.07) is 2.05. The minimum absolute atomic E-state index is 0.0151. The number of esters is 2. The predicted octanol–water partition coefficient (Wildman–Crippen LogP) is 5.93. The van der Waals surface area contributed by atoms with Crippen molar-refractivity contribution in [3.63, 3.8) is 0 Å². The Morgan fingerprint density at radius 1 is 1.07 bits per heavy atom. The number of amides is 1. The number of halogens is 8. The van der Waals surface area contributed by atoms with E-state index in [1.807, 2.05) is 0 Å². The van der Waals surface area contributed by atoms with Gasteiger partial charge in [-0.25, -0.2) is 13.7 Å². The second kappa shape index (κ2) is 14.9. The van der Waals surface area contributed by atoms with E-state index in [1.54, 1.807) is 0 Å². The SMILES string of the molecule is CCC(=O)OCC(CCOC(=O)N(C)c1c(S(=O)C(F)(F)F)c(C#N)nn1-c1c(Cl)cc(C(F)(F)F)cc1Cl)OC(=O)CC. The van der Waals surface area contributed by atoms with E-state index in [9.17, 15) is 50.2 Å². The van der Waals surface area contributed by atoms with Gasteiger partial charge in [-0.05, 0) is 12.1 Å². The Bertz CT molecular complexity index is 1450. The highest BCUT2D eigenvalue weighted by Crippen LogP contribution is 2.42. The quantitative estimate of drug-likeness (QED) is 0.159. The summed E-state index contributed by atoms with van der Waals surface area (Å²) >= 11 is 12.0. The van der Waals surface area contributed by atoms with Gasteiger partial charge in [-0.15, -0.1) is 0 Å². The average molecular weight is 695 g/mol. The molecule has 0 N–H and O–H groups in total. The van der Waals surface area contributed by atoms with Crippen LogP contribution >= 0.6 is 23.2 Å². The molecular weight excluding hydrogens is 673 g/mol. The normalized spacial score (nSPS) is 13.0. The second-order valence-corrected chi connectivity index (χ2v) is 10.7. The van der Waals surface area contributed by atoms with Crippen LogP contribution in [0.4, 0.5) is 37.0 Å². The molecule has 0 aliphatic rings. The van der Waals surface area contributed by atoms with Gasteiger partial charge in [-0.1, -0.05) is 37.0 Å². The van der Waals surface area contributed by atoms with Crippen LogP contribution in [-0.4, -0.2) is 63.9 Å². The van der Waals surface area contributed by atoms with Gasteiger partial charge in [0.25, 0.3) is 0 Å². The minimum atomic E-state index is -5.49. The van der Waals surface area contributed by atoms with E-state index in [2.05, 4.69) is 5.10 Å². The van der Waals surface area contributed by atoms with Crippen LogP contribution < -0.4 is 4.90 Å². The van der Waals surface area contributed by atoms with Crippen molar-refractivity contribution in [2.45, 2.75) is 55.8 Å². The number of aromatic nitrogens is 2. The van der Waals surface area contributed by atoms with Gasteiger partial charge in [0, 0.05) is 26.3 Å². The maximum Gasteiger partial charge on any atom is 0.476 e. The van der Waals surface area contributed by atoms with Crippen LogP contribution in [0.3, 0.4) is 0 Å². The van der Waals surface area contributed by atoms with E-state index in [4.69, 9.17) is 37.4 Å². The molecule has 0 fully saturated rings. The highest BCUT2D eigenvalue weighted by atomic mass is 35.5. The fourth-order valence-corrected chi connectivity index (χ4v) is 4.86. The number of ether oxygens (including phenoxy) is 3. The number of rotatable bonds is 11. The van der Waals surface area contributed by atoms with Crippen molar-refractivity contribution >= 4 is 57.9 Å². The number of carbonyl (C=O) groups excluding carboxylic acids is 3. The first-order chi connectivity index (χ1) is 20.4. The Hall–Kier alpha value is -3.56. The molecular formula is C24H22Cl2F6N4O7S. The lowest BCUT2D eigenvalue weighted by atomic mass is 10.2. The summed E-state index contributed by atoms with van der Waals surface area (Å²) in [4.78, 5) is 35.2. The van der Waals surface area contributed by atoms with Gasteiger partial charge in [0.05, 0.1) is 22.2 Å². The second-order valence-electron chi connectivity index (χ2n) is 8.49. The largest absolute Gasteiger partial charge is 0.476 e. The van der Waals surface area contributed by atoms with E-state index < -0.39 is 97.5 Å². The highest BCUT2D eigenvalue weighted by molar-refractivity contribution is 7.86. The van der Waals surface area contributed by atoms with Crippen molar-refractivity contribution < 1.29 is 59.1 Å². The maximum absolute atomic E-state index is 13.6. The first-order valence-corrected chi connectivity index (χ1v) is 14.1. The van der Waals surface area contributed by atoms with Crippen LogP contribution in [0, 0.1) is 11.3 Å². The smallest absolute Gasteiger partial charge is 0.462 e. The third-order valence-electron chi connectivity index (χ3n) is 5.44. The number of anilines is 1. The molecule has 44 heavy (non-hydrogen) atoms. The van der Waals surface area contributed by atoms with E-state index >= 15 is 0 Å². The van der Waals surface area contributed by atoms with Crippen LogP contribution in [0.2, 0.25) is 10.0 Å². The molecule has 2 unspecified atom stereocenters. The molecule has 20 heteroatoms. The Morgan fingerprint density at radius 2 is 1.64 bits per heavy atom. The van der Waals surface area contributed by atoms with Gasteiger partial charge < -0.3 is 14.2 Å². The van der Waals surface area contributed by atoms with Crippen LogP contribution in [0.1, 0.15) is 44.4 Å². The summed E-state index contributed by atoms with van der Waals surface area (Å²) in [7, 11) is -3.17. The summed E-state index contributed by atoms with van der Waals surface area (Å²) in [5, 5.41) is 11.5. The summed E-state index contributed by atoms with van der Waals surface area (Å²) < 4.78 is 108. The van der Waals surface area contributed by atoms with Crippen molar-refractivity contribution in [3.8, 4) is 11.8 Å². The Labute approximate surface area is 258 Å². The summed E-state index contributed by atoms with van der Waals surface area (Å²) in [5.41, 5.74) is -8.62. The third-order valence-corrected chi connectivity index (χ3v) is 7.18. The first kappa shape index (κ1) is 36.6. The van der Waals surface area contributed by atoms with Crippen molar-refractivity contribution in [1.29, 1.82) is 5.26 Å². The van der Waals surface area contributed by atoms with Crippen LogP contribution in [0.15, 0.2) is 17.0 Å². The lowest BCUT2D eigenvalue weighted by Gasteiger charge is -2.22. The average Bonchev–Trinajstić information content (AvgIpc) is 3.31. The predicted molar refractivity (Wildman–Crippen MR) is 142 cm³/mol. The molecule has 1 amide bonds. The molecule has 0 bridgehead atoms. The monoisotopic (exact) mass is 694 g/mol. The van der Waals surface area contributed by atoms with E-state index in [0.29, 0.717) is 21.7 Å². The number of hydrogen-bond acceptors (Lipinski definition) is 9. The molecule has 242 valence electrons. The summed E-state index contributed by atoms with van der Waals surface area (Å²) in [6.45, 7) is 2.04. The minimum Gasteiger partial charge on any atom is -0.462 e. The van der Waals surface area contributed by atoms with Crippen molar-refractivity contribution in [3.05, 3.63) is 33.4 Å². The van der Waals surface area contributed by atoms with Gasteiger partial charge in [-0.3, -0.25) is 14.5 Å². The summed E-state index contributed by atoms with van der Waals surface area (Å²) in [5.74, 6) is -2.31. The highest BCUT2D eigenvalue weighted by Gasteiger charge is 2.45. The number of nitriles is 1. The molecule has 1 heterocycles. The zero-order valence-corrected chi connectivity index (χ0v) is 25.2. The van der Waals surface area contributed by atoms with E-state index in [-0.39, 0.29) is 19.3 Å². The van der Waals surface area contributed by atoms with Crippen molar-refractivity contribution in [2.24, 2.45) is 0 Å². The Morgan fingerprint density at radius 3 is 2.11 bits per heavy atom. The summed E-state index contributed by atoms with van der Waals surface area (Å²) in [6.07, 6.45) is -7.71. The molecule has 1 aromatic heterocycles. The van der Waals surface area contributed by atoms with Crippen LogP contribution in [0.5, 0.6) is 0 Å². The van der Waals surface area contributed by atoms with Gasteiger partial charge in [0.15, 0.2) is 22.3 Å². The molecule has 0 radical (unpaired) electrons. The van der Waals surface area contributed by atoms with Crippen molar-refractivity contribution in [2.75, 3.05) is 25.2 Å². The van der Waals surface area contributed by atoms with E-state index in [0.717, 1.165) is 7.05 Å². The van der Waals surface area contributed by atoms with Gasteiger partial charge in [0.2, 0.25) is 0 Å². The molecule has 11 nitrogen and oxygen atoms in total. The maximum atomic E-state index is 13.6. The number of hydrogen-bond donors (Lipinski definition) is 0. The molecule has 2 atom stereocenters. The topological polar surface area (TPSA) is 141 Å². The van der Waals surface area contributed by atoms with Crippen LogP contribution in [0.25, 0.3) is 5.69 Å². The number of benzene rings is 1. The number of nitrogens with zero attached hydrogens (tertiary/aromatic N) is 4. The third kappa shape index (κ3) is 8.99. The molecule has 0 aliphatic heterocycles. The zero-order chi connectivity index (χ0) is 33.6. The molecule has 0 saturated heterocycles. The van der Waals surface area contributed by atoms with E-state index in [1.165, 1.54) is 19.9 Å². The van der Waals surface area contributed by atoms with Gasteiger partial charge in [0.1, 0.15) is 29.4 Å². The zero-order valence-electron chi connectivity index (χ0n) is 22.8. The number of carbonyl (C=O) groups is 3. The first-order valence-electron chi connectivity index (χ1n) is 12.2. The fraction of sp³-hybridized carbons (Fsp3) is 0.458. The molecule has 0 spiro atoms. The fourth-order valence-electron chi connectivity index (χ4n) is 3.33. The molecule has 2 aromatic rings. The van der Waals surface area contributed by atoms with Gasteiger partial charge >= 0.3 is 29.7 Å². The van der Waals surface area contributed by atoms with Gasteiger partial charge in [-0.2, -0.15) is 36.7 Å².